The fraction of sp³-hybridized carbons (Fsp3) is 0.194. The van der Waals surface area contributed by atoms with Crippen LogP contribution < -0.4 is 26.2 Å². The third-order valence-corrected chi connectivity index (χ3v) is 18.8. The summed E-state index contributed by atoms with van der Waals surface area (Å²) < 4.78 is 2.66. The molecule has 2 aliphatic carbocycles. The van der Waals surface area contributed by atoms with E-state index in [1.165, 1.54) is 132 Å². The van der Waals surface area contributed by atoms with E-state index in [-0.39, 0.29) is 28.4 Å². The lowest BCUT2D eigenvalue weighted by molar-refractivity contribution is 0.520. The number of anilines is 6. The highest BCUT2D eigenvalue weighted by Gasteiger charge is 2.49. The van der Waals surface area contributed by atoms with Crippen molar-refractivity contribution in [3.63, 3.8) is 0 Å². The number of benzene rings is 9. The average Bonchev–Trinajstić information content (AvgIpc) is 3.74. The highest BCUT2D eigenvalue weighted by atomic mass is 32.1. The van der Waals surface area contributed by atoms with Crippen LogP contribution in [-0.2, 0) is 21.7 Å². The van der Waals surface area contributed by atoms with Gasteiger partial charge in [-0.25, -0.2) is 0 Å². The quantitative estimate of drug-likeness (QED) is 0.163. The van der Waals surface area contributed by atoms with Gasteiger partial charge in [-0.05, 0) is 139 Å². The first kappa shape index (κ1) is 42.7. The Labute approximate surface area is 423 Å². The number of para-hydroxylation sites is 1. The lowest BCUT2D eigenvalue weighted by Crippen LogP contribution is -2.62. The monoisotopic (exact) mass is 932 g/mol. The van der Waals surface area contributed by atoms with E-state index in [9.17, 15) is 0 Å². The van der Waals surface area contributed by atoms with Gasteiger partial charge in [0.2, 0.25) is 0 Å². The van der Waals surface area contributed by atoms with Gasteiger partial charge in [0, 0.05) is 76.0 Å². The molecule has 2 aliphatic heterocycles. The highest BCUT2D eigenvalue weighted by Crippen LogP contribution is 2.56. The second-order valence-corrected chi connectivity index (χ2v) is 24.1. The molecule has 344 valence electrons. The third kappa shape index (κ3) is 5.72. The SMILES string of the molecule is Cc1ccccc1N1c2cc3c(cc2B2c4cc5c(cc4N(c4ccc6c(c4)C(C)(C)c4ccccc4C6(C)C)c4cc(-c6ccccc6)cc1c42)C(C)(C)c1ccccc1C5(C)C)sc1ccccc13. The zero-order valence-electron chi connectivity index (χ0n) is 42.2. The Balaban J connectivity index is 1.14. The number of hydrogen-bond acceptors (Lipinski definition) is 3. The molecule has 4 aliphatic rings. The Kier molecular flexibility index (Phi) is 8.72. The molecular weight excluding hydrogens is 876 g/mol. The van der Waals surface area contributed by atoms with E-state index in [1.54, 1.807) is 0 Å². The Morgan fingerprint density at radius 3 is 1.52 bits per heavy atom. The van der Waals surface area contributed by atoms with E-state index >= 15 is 0 Å². The number of thiophene rings is 1. The van der Waals surface area contributed by atoms with Crippen LogP contribution in [-0.4, -0.2) is 6.71 Å². The van der Waals surface area contributed by atoms with E-state index in [0.717, 1.165) is 0 Å². The molecule has 0 atom stereocenters. The van der Waals surface area contributed by atoms with Crippen LogP contribution in [0.15, 0.2) is 182 Å². The van der Waals surface area contributed by atoms with Crippen LogP contribution >= 0.6 is 11.3 Å². The average molecular weight is 933 g/mol. The molecule has 0 spiro atoms. The number of fused-ring (bicyclic) bond motifs is 11. The maximum absolute atomic E-state index is 2.68. The van der Waals surface area contributed by atoms with Gasteiger partial charge in [0.15, 0.2) is 0 Å². The first-order chi connectivity index (χ1) is 34.2. The molecule has 2 nitrogen and oxygen atoms in total. The van der Waals surface area contributed by atoms with Gasteiger partial charge >= 0.3 is 0 Å². The van der Waals surface area contributed by atoms with E-state index in [1.807, 2.05) is 11.3 Å². The van der Waals surface area contributed by atoms with Crippen LogP contribution in [0.4, 0.5) is 34.1 Å². The molecule has 0 saturated heterocycles. The van der Waals surface area contributed by atoms with Crippen molar-refractivity contribution in [2.45, 2.75) is 84.0 Å². The lowest BCUT2D eigenvalue weighted by atomic mass is 9.33. The van der Waals surface area contributed by atoms with Gasteiger partial charge in [-0.1, -0.05) is 183 Å². The van der Waals surface area contributed by atoms with Gasteiger partial charge in [-0.15, -0.1) is 11.3 Å². The summed E-state index contributed by atoms with van der Waals surface area (Å²) in [4.78, 5) is 5.31. The summed E-state index contributed by atoms with van der Waals surface area (Å²) >= 11 is 1.92. The Bertz CT molecular complexity index is 3930. The third-order valence-electron chi connectivity index (χ3n) is 17.7. The van der Waals surface area contributed by atoms with Gasteiger partial charge in [-0.2, -0.15) is 0 Å². The molecule has 10 aromatic rings. The molecule has 14 rings (SSSR count). The van der Waals surface area contributed by atoms with Crippen molar-refractivity contribution in [2.24, 2.45) is 0 Å². The minimum absolute atomic E-state index is 0.0396. The highest BCUT2D eigenvalue weighted by molar-refractivity contribution is 7.26. The maximum atomic E-state index is 2.68. The van der Waals surface area contributed by atoms with Gasteiger partial charge in [0.05, 0.1) is 0 Å². The van der Waals surface area contributed by atoms with Gasteiger partial charge in [0.1, 0.15) is 0 Å². The second-order valence-electron chi connectivity index (χ2n) is 23.0. The van der Waals surface area contributed by atoms with E-state index < -0.39 is 0 Å². The van der Waals surface area contributed by atoms with Gasteiger partial charge < -0.3 is 9.80 Å². The van der Waals surface area contributed by atoms with Crippen molar-refractivity contribution in [2.75, 3.05) is 9.80 Å². The maximum Gasteiger partial charge on any atom is 0.252 e. The zero-order valence-corrected chi connectivity index (χ0v) is 43.0. The number of hydrogen-bond donors (Lipinski definition) is 0. The minimum Gasteiger partial charge on any atom is -0.311 e. The molecule has 0 fully saturated rings. The van der Waals surface area contributed by atoms with Crippen molar-refractivity contribution in [1.29, 1.82) is 0 Å². The topological polar surface area (TPSA) is 6.48 Å². The molecule has 0 amide bonds. The lowest BCUT2D eigenvalue weighted by Gasteiger charge is -2.48. The van der Waals surface area contributed by atoms with Crippen LogP contribution in [0.5, 0.6) is 0 Å². The van der Waals surface area contributed by atoms with Gasteiger partial charge in [0.25, 0.3) is 6.71 Å². The van der Waals surface area contributed by atoms with Crippen molar-refractivity contribution in [3.8, 4) is 11.1 Å². The summed E-state index contributed by atoms with van der Waals surface area (Å²) in [6.45, 7) is 21.8. The van der Waals surface area contributed by atoms with Crippen molar-refractivity contribution < 1.29 is 0 Å². The van der Waals surface area contributed by atoms with Gasteiger partial charge in [-0.3, -0.25) is 0 Å². The number of aryl methyl sites for hydroxylation is 1. The van der Waals surface area contributed by atoms with Crippen LogP contribution in [0.3, 0.4) is 0 Å². The Morgan fingerprint density at radius 1 is 0.352 bits per heavy atom. The fourth-order valence-corrected chi connectivity index (χ4v) is 15.0. The smallest absolute Gasteiger partial charge is 0.252 e. The molecule has 0 bridgehead atoms. The summed E-state index contributed by atoms with van der Waals surface area (Å²) in [5, 5.41) is 2.63. The molecule has 71 heavy (non-hydrogen) atoms. The summed E-state index contributed by atoms with van der Waals surface area (Å²) in [5.74, 6) is 0. The first-order valence-corrected chi connectivity index (χ1v) is 26.4. The minimum atomic E-state index is -0.236. The molecule has 0 saturated carbocycles. The number of nitrogens with zero attached hydrogens (tertiary/aromatic N) is 2. The largest absolute Gasteiger partial charge is 0.311 e. The van der Waals surface area contributed by atoms with Crippen LogP contribution in [0, 0.1) is 6.92 Å². The normalized spacial score (nSPS) is 16.9. The first-order valence-electron chi connectivity index (χ1n) is 25.5. The van der Waals surface area contributed by atoms with Crippen LogP contribution in [0.2, 0.25) is 0 Å². The standard InChI is InChI=1S/C67H57BN2S/c1-40-21-13-19-29-56(40)70-57-36-45-44-24-14-20-30-61(44)71-62(45)39-55(57)68-54-37-52-53(67(8,9)49-28-18-17-27-48(49)66(52,6)7)38-58(54)69(59-33-42(34-60(70)63(59)68)41-22-11-10-12-23-41)43-31-32-50-51(35-43)65(4,5)47-26-16-15-25-46(47)64(50,2)3/h10-39H,1-9H3. The van der Waals surface area contributed by atoms with Crippen LogP contribution in [0.1, 0.15) is 105 Å². The van der Waals surface area contributed by atoms with E-state index in [2.05, 4.69) is 254 Å². The molecule has 0 N–H and O–H groups in total. The van der Waals surface area contributed by atoms with Crippen LogP contribution in [0.25, 0.3) is 31.3 Å². The molecule has 1 aromatic heterocycles. The second kappa shape index (κ2) is 14.5. The molecule has 0 unspecified atom stereocenters. The Hall–Kier alpha value is -7.14. The summed E-state index contributed by atoms with van der Waals surface area (Å²) in [7, 11) is 0. The van der Waals surface area contributed by atoms with Crippen molar-refractivity contribution in [3.05, 3.63) is 232 Å². The molecule has 4 heteroatoms. The molecule has 3 heterocycles. The molecular formula is C67H57BN2S. The predicted molar refractivity (Wildman–Crippen MR) is 305 cm³/mol. The predicted octanol–water partition coefficient (Wildman–Crippen LogP) is 16.0. The van der Waals surface area contributed by atoms with Crippen molar-refractivity contribution in [1.82, 2.24) is 0 Å². The summed E-state index contributed by atoms with van der Waals surface area (Å²) in [6, 6.07) is 70.3. The summed E-state index contributed by atoms with van der Waals surface area (Å²) in [6.07, 6.45) is 0. The Morgan fingerprint density at radius 2 is 0.859 bits per heavy atom. The zero-order chi connectivity index (χ0) is 48.5. The van der Waals surface area contributed by atoms with E-state index in [0.29, 0.717) is 0 Å². The van der Waals surface area contributed by atoms with E-state index in [4.69, 9.17) is 0 Å². The fourth-order valence-electron chi connectivity index (χ4n) is 13.9. The summed E-state index contributed by atoms with van der Waals surface area (Å²) in [5.41, 5.74) is 25.5. The molecule has 9 aromatic carbocycles. The number of rotatable bonds is 3. The molecule has 0 radical (unpaired) electrons. The van der Waals surface area contributed by atoms with Crippen molar-refractivity contribution >= 4 is 88.7 Å².